The third kappa shape index (κ3) is 4.14. The summed E-state index contributed by atoms with van der Waals surface area (Å²) in [6.45, 7) is 5.73. The molecule has 3 aromatic heterocycles. The minimum Gasteiger partial charge on any atom is -0.439 e. The van der Waals surface area contributed by atoms with Gasteiger partial charge in [-0.3, -0.25) is 14.3 Å². The molecule has 0 aliphatic rings. The van der Waals surface area contributed by atoms with Gasteiger partial charge in [0, 0.05) is 29.8 Å². The molecule has 0 fully saturated rings. The van der Waals surface area contributed by atoms with Gasteiger partial charge in [0.05, 0.1) is 11.9 Å². The molecule has 0 aliphatic carbocycles. The lowest BCUT2D eigenvalue weighted by atomic mass is 10.3. The summed E-state index contributed by atoms with van der Waals surface area (Å²) in [6.07, 6.45) is 6.12. The van der Waals surface area contributed by atoms with Crippen LogP contribution in [0, 0.1) is 20.8 Å². The second-order valence-corrected chi connectivity index (χ2v) is 6.57. The smallest absolute Gasteiger partial charge is 0.275 e. The van der Waals surface area contributed by atoms with Crippen molar-refractivity contribution < 1.29 is 9.53 Å². The number of ether oxygens (including phenoxy) is 1. The van der Waals surface area contributed by atoms with E-state index < -0.39 is 0 Å². The number of amides is 1. The number of carbonyl (C=O) groups is 1. The van der Waals surface area contributed by atoms with E-state index in [1.807, 2.05) is 18.4 Å². The summed E-state index contributed by atoms with van der Waals surface area (Å²) < 4.78 is 7.78. The molecule has 0 aliphatic heterocycles. The Hall–Kier alpha value is -4.14. The number of imidazole rings is 1. The molecule has 30 heavy (non-hydrogen) atoms. The van der Waals surface area contributed by atoms with E-state index in [-0.39, 0.29) is 11.6 Å². The van der Waals surface area contributed by atoms with Crippen molar-refractivity contribution >= 4 is 11.6 Å². The molecule has 4 rings (SSSR count). The van der Waals surface area contributed by atoms with Crippen LogP contribution in [0.2, 0.25) is 0 Å². The maximum atomic E-state index is 12.2. The first kappa shape index (κ1) is 19.2. The molecular formula is C21H19N7O2. The Labute approximate surface area is 172 Å². The van der Waals surface area contributed by atoms with Crippen LogP contribution in [0.1, 0.15) is 27.7 Å². The molecule has 9 nitrogen and oxygen atoms in total. The number of hydrogen-bond donors (Lipinski definition) is 1. The molecule has 0 radical (unpaired) electrons. The number of rotatable bonds is 5. The molecule has 0 saturated heterocycles. The zero-order chi connectivity index (χ0) is 21.1. The molecule has 0 saturated carbocycles. The molecule has 150 valence electrons. The Morgan fingerprint density at radius 1 is 1.03 bits per heavy atom. The van der Waals surface area contributed by atoms with Crippen LogP contribution < -0.4 is 10.1 Å². The van der Waals surface area contributed by atoms with E-state index in [0.717, 1.165) is 11.4 Å². The van der Waals surface area contributed by atoms with E-state index in [1.54, 1.807) is 43.6 Å². The second kappa shape index (κ2) is 8.08. The van der Waals surface area contributed by atoms with Crippen molar-refractivity contribution in [2.45, 2.75) is 20.8 Å². The number of aryl methyl sites for hydroxylation is 2. The Bertz CT molecular complexity index is 1190. The molecule has 3 heterocycles. The summed E-state index contributed by atoms with van der Waals surface area (Å²) in [5.74, 6) is 1.93. The van der Waals surface area contributed by atoms with E-state index in [4.69, 9.17) is 4.74 Å². The number of benzene rings is 1. The fourth-order valence-electron chi connectivity index (χ4n) is 2.77. The van der Waals surface area contributed by atoms with Gasteiger partial charge in [-0.25, -0.2) is 15.0 Å². The fourth-order valence-corrected chi connectivity index (χ4v) is 2.77. The van der Waals surface area contributed by atoms with Crippen LogP contribution in [0.3, 0.4) is 0 Å². The Balaban J connectivity index is 1.50. The van der Waals surface area contributed by atoms with Gasteiger partial charge < -0.3 is 10.1 Å². The monoisotopic (exact) mass is 401 g/mol. The lowest BCUT2D eigenvalue weighted by molar-refractivity contribution is 0.102. The van der Waals surface area contributed by atoms with Gasteiger partial charge in [0.15, 0.2) is 0 Å². The van der Waals surface area contributed by atoms with Crippen molar-refractivity contribution in [2.75, 3.05) is 5.32 Å². The third-order valence-corrected chi connectivity index (χ3v) is 4.43. The third-order valence-electron chi connectivity index (χ3n) is 4.43. The SMILES string of the molecule is Cc1nc(Oc2ccc(NC(=O)c3cnccn3)cc2)cc(-n2cnc(C)c2C)n1. The maximum absolute atomic E-state index is 12.2. The summed E-state index contributed by atoms with van der Waals surface area (Å²) in [5.41, 5.74) is 2.80. The first-order chi connectivity index (χ1) is 14.5. The molecule has 0 bridgehead atoms. The highest BCUT2D eigenvalue weighted by atomic mass is 16.5. The Kier molecular flexibility index (Phi) is 5.17. The second-order valence-electron chi connectivity index (χ2n) is 6.57. The highest BCUT2D eigenvalue weighted by Gasteiger charge is 2.11. The van der Waals surface area contributed by atoms with Gasteiger partial charge in [0.25, 0.3) is 5.91 Å². The van der Waals surface area contributed by atoms with E-state index in [2.05, 4.69) is 30.2 Å². The molecule has 1 aromatic carbocycles. The van der Waals surface area contributed by atoms with Gasteiger partial charge in [-0.1, -0.05) is 0 Å². The fraction of sp³-hybridized carbons (Fsp3) is 0.143. The number of nitrogens with zero attached hydrogens (tertiary/aromatic N) is 6. The highest BCUT2D eigenvalue weighted by molar-refractivity contribution is 6.02. The minimum atomic E-state index is -0.334. The number of nitrogens with one attached hydrogen (secondary N) is 1. The standard InChI is InChI=1S/C21H19N7O2/c1-13-14(2)28(12-24-13)19-10-20(26-15(3)25-19)30-17-6-4-16(5-7-17)27-21(29)18-11-22-8-9-23-18/h4-12H,1-3H3,(H,27,29). The normalized spacial score (nSPS) is 10.6. The largest absolute Gasteiger partial charge is 0.439 e. The Morgan fingerprint density at radius 2 is 1.83 bits per heavy atom. The van der Waals surface area contributed by atoms with Crippen LogP contribution in [-0.4, -0.2) is 35.4 Å². The van der Waals surface area contributed by atoms with Gasteiger partial charge >= 0.3 is 0 Å². The first-order valence-corrected chi connectivity index (χ1v) is 9.21. The van der Waals surface area contributed by atoms with Crippen LogP contribution in [0.15, 0.2) is 55.2 Å². The van der Waals surface area contributed by atoms with Gasteiger partial charge in [-0.15, -0.1) is 0 Å². The lowest BCUT2D eigenvalue weighted by Crippen LogP contribution is -2.13. The summed E-state index contributed by atoms with van der Waals surface area (Å²) in [7, 11) is 0. The van der Waals surface area contributed by atoms with Gasteiger partial charge in [0.1, 0.15) is 29.4 Å². The van der Waals surface area contributed by atoms with E-state index in [0.29, 0.717) is 29.0 Å². The molecule has 0 unspecified atom stereocenters. The molecule has 0 spiro atoms. The molecule has 0 atom stereocenters. The highest BCUT2D eigenvalue weighted by Crippen LogP contribution is 2.24. The summed E-state index contributed by atoms with van der Waals surface area (Å²) in [4.78, 5) is 33.2. The van der Waals surface area contributed by atoms with Crippen LogP contribution in [0.4, 0.5) is 5.69 Å². The average molecular weight is 401 g/mol. The molecule has 1 amide bonds. The predicted octanol–water partition coefficient (Wildman–Crippen LogP) is 3.42. The van der Waals surface area contributed by atoms with E-state index >= 15 is 0 Å². The quantitative estimate of drug-likeness (QED) is 0.546. The van der Waals surface area contributed by atoms with Crippen LogP contribution in [0.25, 0.3) is 5.82 Å². The summed E-state index contributed by atoms with van der Waals surface area (Å²) in [6, 6.07) is 8.72. The van der Waals surface area contributed by atoms with E-state index in [1.165, 1.54) is 18.6 Å². The van der Waals surface area contributed by atoms with E-state index in [9.17, 15) is 4.79 Å². The van der Waals surface area contributed by atoms with Crippen LogP contribution in [-0.2, 0) is 0 Å². The molecule has 9 heteroatoms. The number of carbonyl (C=O) groups excluding carboxylic acids is 1. The van der Waals surface area contributed by atoms with Crippen molar-refractivity contribution in [3.63, 3.8) is 0 Å². The van der Waals surface area contributed by atoms with Crippen molar-refractivity contribution in [1.82, 2.24) is 29.5 Å². The maximum Gasteiger partial charge on any atom is 0.275 e. The number of hydrogen-bond acceptors (Lipinski definition) is 7. The molecule has 1 N–H and O–H groups in total. The number of aromatic nitrogens is 6. The van der Waals surface area contributed by atoms with Crippen molar-refractivity contribution in [3.8, 4) is 17.4 Å². The minimum absolute atomic E-state index is 0.242. The number of anilines is 1. The van der Waals surface area contributed by atoms with Gasteiger partial charge in [0.2, 0.25) is 5.88 Å². The zero-order valence-corrected chi connectivity index (χ0v) is 16.7. The lowest BCUT2D eigenvalue weighted by Gasteiger charge is -2.10. The van der Waals surface area contributed by atoms with Crippen molar-refractivity contribution in [3.05, 3.63) is 78.2 Å². The topological polar surface area (TPSA) is 108 Å². The summed E-state index contributed by atoms with van der Waals surface area (Å²) in [5, 5.41) is 2.76. The van der Waals surface area contributed by atoms with Crippen molar-refractivity contribution in [1.29, 1.82) is 0 Å². The van der Waals surface area contributed by atoms with Crippen LogP contribution in [0.5, 0.6) is 11.6 Å². The van der Waals surface area contributed by atoms with Crippen molar-refractivity contribution in [2.24, 2.45) is 0 Å². The first-order valence-electron chi connectivity index (χ1n) is 9.21. The summed E-state index contributed by atoms with van der Waals surface area (Å²) >= 11 is 0. The molecular weight excluding hydrogens is 382 g/mol. The average Bonchev–Trinajstić information content (AvgIpc) is 3.08. The predicted molar refractivity (Wildman–Crippen MR) is 110 cm³/mol. The van der Waals surface area contributed by atoms with Gasteiger partial charge in [-0.05, 0) is 45.0 Å². The zero-order valence-electron chi connectivity index (χ0n) is 16.7. The van der Waals surface area contributed by atoms with Crippen LogP contribution >= 0.6 is 0 Å². The Morgan fingerprint density at radius 3 is 2.50 bits per heavy atom. The molecule has 4 aromatic rings. The van der Waals surface area contributed by atoms with Gasteiger partial charge in [-0.2, -0.15) is 4.98 Å².